The van der Waals surface area contributed by atoms with E-state index in [-0.39, 0.29) is 11.3 Å². The second-order valence-electron chi connectivity index (χ2n) is 10.4. The molecule has 7 nitrogen and oxygen atoms in total. The average Bonchev–Trinajstić information content (AvgIpc) is 3.39. The fourth-order valence-corrected chi connectivity index (χ4v) is 5.50. The summed E-state index contributed by atoms with van der Waals surface area (Å²) in [5.74, 6) is -3.37. The third kappa shape index (κ3) is 4.53. The highest BCUT2D eigenvalue weighted by Gasteiger charge is 2.73. The lowest BCUT2D eigenvalue weighted by molar-refractivity contribution is -0.288. The second-order valence-corrected chi connectivity index (χ2v) is 10.4. The number of imide groups is 2. The van der Waals surface area contributed by atoms with Crippen LogP contribution in [0.25, 0.3) is 0 Å². The Bertz CT molecular complexity index is 1900. The highest BCUT2D eigenvalue weighted by Crippen LogP contribution is 2.57. The summed E-state index contributed by atoms with van der Waals surface area (Å²) in [6, 6.07) is 15.8. The topological polar surface area (TPSA) is 92.8 Å². The number of anilines is 1. The Morgan fingerprint density at radius 3 is 1.60 bits per heavy atom. The van der Waals surface area contributed by atoms with E-state index in [0.29, 0.717) is 46.7 Å². The summed E-state index contributed by atoms with van der Waals surface area (Å²) in [6.45, 7) is 1.89. The normalized spacial score (nSPS) is 14.9. The number of carbonyl (C=O) groups excluding carboxylic acids is 4. The molecule has 0 aromatic heterocycles. The van der Waals surface area contributed by atoms with Crippen LogP contribution in [0.3, 0.4) is 0 Å². The van der Waals surface area contributed by atoms with Gasteiger partial charge in [0.15, 0.2) is 0 Å². The van der Waals surface area contributed by atoms with Crippen LogP contribution in [-0.4, -0.2) is 36.0 Å². The number of ether oxygens (including phenoxy) is 1. The van der Waals surface area contributed by atoms with E-state index in [1.165, 1.54) is 24.3 Å². The van der Waals surface area contributed by atoms with Gasteiger partial charge in [0, 0.05) is 0 Å². The first kappa shape index (κ1) is 29.6. The van der Waals surface area contributed by atoms with Crippen LogP contribution in [-0.2, 0) is 5.41 Å². The molecule has 0 fully saturated rings. The second kappa shape index (κ2) is 10.0. The van der Waals surface area contributed by atoms with E-state index in [9.17, 15) is 45.5 Å². The number of aryl methyl sites for hydroxylation is 1. The van der Waals surface area contributed by atoms with Crippen molar-refractivity contribution < 1.29 is 50.3 Å². The molecule has 0 spiro atoms. The standard InChI is InChI=1S/C32H18F6N2O5/c1-16-2-8-20(9-3-16)45-21-10-6-19(7-11-21)40-28(43)23-13-5-18(15-25(23)29(40)44)30(31(33,34)35,32(36,37)38)17-4-12-22-24(14-17)27(42)39-26(22)41/h2-15H,1H3,(H,39,41,42). The van der Waals surface area contributed by atoms with Crippen molar-refractivity contribution in [1.82, 2.24) is 5.32 Å². The number of carbonyl (C=O) groups is 4. The molecule has 228 valence electrons. The minimum Gasteiger partial charge on any atom is -0.457 e. The van der Waals surface area contributed by atoms with E-state index in [0.717, 1.165) is 11.6 Å². The molecule has 4 amide bonds. The molecule has 2 aliphatic rings. The summed E-state index contributed by atoms with van der Waals surface area (Å²) >= 11 is 0. The van der Waals surface area contributed by atoms with Crippen LogP contribution < -0.4 is 15.0 Å². The Morgan fingerprint density at radius 2 is 1.04 bits per heavy atom. The predicted octanol–water partition coefficient (Wildman–Crippen LogP) is 6.88. The summed E-state index contributed by atoms with van der Waals surface area (Å²) in [7, 11) is 0. The van der Waals surface area contributed by atoms with Crippen molar-refractivity contribution in [3.05, 3.63) is 124 Å². The number of nitrogens with zero attached hydrogens (tertiary/aromatic N) is 1. The van der Waals surface area contributed by atoms with Crippen molar-refractivity contribution in [2.24, 2.45) is 0 Å². The van der Waals surface area contributed by atoms with Crippen molar-refractivity contribution >= 4 is 29.3 Å². The van der Waals surface area contributed by atoms with Crippen molar-refractivity contribution in [2.75, 3.05) is 4.90 Å². The molecule has 2 heterocycles. The Hall–Kier alpha value is -5.46. The largest absolute Gasteiger partial charge is 0.457 e. The Labute approximate surface area is 250 Å². The van der Waals surface area contributed by atoms with Crippen LogP contribution in [0.4, 0.5) is 32.0 Å². The van der Waals surface area contributed by atoms with Crippen LogP contribution in [0.2, 0.25) is 0 Å². The van der Waals surface area contributed by atoms with E-state index in [1.807, 2.05) is 24.4 Å². The molecule has 0 saturated heterocycles. The van der Waals surface area contributed by atoms with Crippen LogP contribution in [0.5, 0.6) is 11.5 Å². The quantitative estimate of drug-likeness (QED) is 0.193. The molecular weight excluding hydrogens is 606 g/mol. The van der Waals surface area contributed by atoms with Gasteiger partial charge in [0.25, 0.3) is 23.6 Å². The summed E-state index contributed by atoms with van der Waals surface area (Å²) in [5, 5.41) is 1.82. The molecule has 0 atom stereocenters. The smallest absolute Gasteiger partial charge is 0.411 e. The molecule has 0 unspecified atom stereocenters. The zero-order valence-electron chi connectivity index (χ0n) is 22.8. The lowest BCUT2D eigenvalue weighted by Gasteiger charge is -2.38. The number of nitrogens with one attached hydrogen (secondary N) is 1. The Kier molecular flexibility index (Phi) is 6.61. The molecule has 0 aliphatic carbocycles. The van der Waals surface area contributed by atoms with Crippen molar-refractivity contribution in [3.8, 4) is 11.5 Å². The Morgan fingerprint density at radius 1 is 0.578 bits per heavy atom. The Balaban J connectivity index is 1.41. The highest BCUT2D eigenvalue weighted by atomic mass is 19.4. The molecule has 6 rings (SSSR count). The van der Waals surface area contributed by atoms with E-state index in [2.05, 4.69) is 0 Å². The number of fused-ring (bicyclic) bond motifs is 2. The van der Waals surface area contributed by atoms with Gasteiger partial charge < -0.3 is 4.74 Å². The van der Waals surface area contributed by atoms with Crippen LogP contribution in [0.15, 0.2) is 84.9 Å². The van der Waals surface area contributed by atoms with Crippen molar-refractivity contribution in [2.45, 2.75) is 24.7 Å². The van der Waals surface area contributed by atoms with Gasteiger partial charge in [-0.2, -0.15) is 26.3 Å². The van der Waals surface area contributed by atoms with Crippen molar-refractivity contribution in [3.63, 3.8) is 0 Å². The summed E-state index contributed by atoms with van der Waals surface area (Å²) < 4.78 is 94.4. The molecule has 1 N–H and O–H groups in total. The zero-order chi connectivity index (χ0) is 32.5. The number of hydrogen-bond donors (Lipinski definition) is 1. The summed E-state index contributed by atoms with van der Waals surface area (Å²) in [6.07, 6.45) is -12.1. The van der Waals surface area contributed by atoms with Gasteiger partial charge in [-0.3, -0.25) is 24.5 Å². The van der Waals surface area contributed by atoms with E-state index in [4.69, 9.17) is 4.74 Å². The maximum absolute atomic E-state index is 14.8. The maximum Gasteiger partial charge on any atom is 0.411 e. The SMILES string of the molecule is Cc1ccc(Oc2ccc(N3C(=O)c4ccc(C(c5ccc6c(c5)C(=O)NC6=O)(C(F)(F)F)C(F)(F)F)cc4C3=O)cc2)cc1. The van der Waals surface area contributed by atoms with E-state index in [1.54, 1.807) is 12.1 Å². The van der Waals surface area contributed by atoms with Gasteiger partial charge >= 0.3 is 12.4 Å². The van der Waals surface area contributed by atoms with Gasteiger partial charge in [-0.25, -0.2) is 4.90 Å². The molecule has 2 aliphatic heterocycles. The number of rotatable bonds is 5. The molecule has 45 heavy (non-hydrogen) atoms. The van der Waals surface area contributed by atoms with E-state index < -0.39 is 69.2 Å². The first-order valence-corrected chi connectivity index (χ1v) is 13.1. The zero-order valence-corrected chi connectivity index (χ0v) is 22.8. The molecule has 13 heteroatoms. The van der Waals surface area contributed by atoms with Crippen LogP contribution in [0.1, 0.15) is 58.1 Å². The van der Waals surface area contributed by atoms with E-state index >= 15 is 0 Å². The number of halogens is 6. The monoisotopic (exact) mass is 624 g/mol. The van der Waals surface area contributed by atoms with Crippen LogP contribution in [0, 0.1) is 6.92 Å². The minimum atomic E-state index is -6.05. The number of amides is 4. The molecule has 0 saturated carbocycles. The van der Waals surface area contributed by atoms with Gasteiger partial charge in [0.2, 0.25) is 5.41 Å². The fraction of sp³-hybridized carbons (Fsp3) is 0.125. The molecule has 4 aromatic rings. The van der Waals surface area contributed by atoms with Gasteiger partial charge in [-0.1, -0.05) is 29.8 Å². The van der Waals surface area contributed by atoms with Gasteiger partial charge in [-0.05, 0) is 78.7 Å². The van der Waals surface area contributed by atoms with Gasteiger partial charge in [0.1, 0.15) is 11.5 Å². The summed E-state index contributed by atoms with van der Waals surface area (Å²) in [4.78, 5) is 51.2. The maximum atomic E-state index is 14.8. The number of hydrogen-bond acceptors (Lipinski definition) is 5. The third-order valence-electron chi connectivity index (χ3n) is 7.69. The first-order chi connectivity index (χ1) is 21.1. The summed E-state index contributed by atoms with van der Waals surface area (Å²) in [5.41, 5.74) is -8.66. The third-order valence-corrected chi connectivity index (χ3v) is 7.69. The molecule has 0 bridgehead atoms. The fourth-order valence-electron chi connectivity index (χ4n) is 5.50. The minimum absolute atomic E-state index is 0.00575. The van der Waals surface area contributed by atoms with Gasteiger partial charge in [-0.15, -0.1) is 0 Å². The predicted molar refractivity (Wildman–Crippen MR) is 146 cm³/mol. The first-order valence-electron chi connectivity index (χ1n) is 13.1. The molecular formula is C32H18F6N2O5. The highest BCUT2D eigenvalue weighted by molar-refractivity contribution is 6.34. The lowest BCUT2D eigenvalue weighted by atomic mass is 9.71. The lowest BCUT2D eigenvalue weighted by Crippen LogP contribution is -2.55. The van der Waals surface area contributed by atoms with Crippen molar-refractivity contribution in [1.29, 1.82) is 0 Å². The average molecular weight is 624 g/mol. The molecule has 0 radical (unpaired) electrons. The number of alkyl halides is 6. The van der Waals surface area contributed by atoms with Crippen LogP contribution >= 0.6 is 0 Å². The van der Waals surface area contributed by atoms with Gasteiger partial charge in [0.05, 0.1) is 27.9 Å². The molecule has 4 aromatic carbocycles. The number of benzene rings is 4.